The van der Waals surface area contributed by atoms with E-state index >= 15 is 0 Å². The third-order valence-corrected chi connectivity index (χ3v) is 6.06. The number of hydrogen-bond donors (Lipinski definition) is 1. The largest absolute Gasteiger partial charge is 0.381 e. The summed E-state index contributed by atoms with van der Waals surface area (Å²) in [6.45, 7) is 6.48. The summed E-state index contributed by atoms with van der Waals surface area (Å²) in [5, 5.41) is 3.61. The van der Waals surface area contributed by atoms with Gasteiger partial charge in [-0.15, -0.1) is 0 Å². The predicted octanol–water partition coefficient (Wildman–Crippen LogP) is 1.40. The van der Waals surface area contributed by atoms with E-state index in [1.807, 2.05) is 0 Å². The summed E-state index contributed by atoms with van der Waals surface area (Å²) in [6, 6.07) is 1.54. The third-order valence-electron chi connectivity index (χ3n) is 6.06. The van der Waals surface area contributed by atoms with Gasteiger partial charge in [-0.25, -0.2) is 0 Å². The Morgan fingerprint density at radius 3 is 2.85 bits per heavy atom. The van der Waals surface area contributed by atoms with Gasteiger partial charge in [0, 0.05) is 38.4 Å². The Labute approximate surface area is 122 Å². The first-order chi connectivity index (χ1) is 9.86. The average Bonchev–Trinajstić information content (AvgIpc) is 2.96. The van der Waals surface area contributed by atoms with Gasteiger partial charge in [0.15, 0.2) is 0 Å². The van der Waals surface area contributed by atoms with Gasteiger partial charge in [-0.1, -0.05) is 0 Å². The minimum atomic E-state index is 0.139. The molecule has 4 rings (SSSR count). The van der Waals surface area contributed by atoms with Crippen molar-refractivity contribution in [2.45, 2.75) is 56.2 Å². The van der Waals surface area contributed by atoms with Crippen LogP contribution in [0.15, 0.2) is 0 Å². The number of ether oxygens (including phenoxy) is 2. The molecule has 4 saturated heterocycles. The first-order valence-electron chi connectivity index (χ1n) is 8.55. The summed E-state index contributed by atoms with van der Waals surface area (Å²) >= 11 is 0. The lowest BCUT2D eigenvalue weighted by molar-refractivity contribution is -0.156. The minimum absolute atomic E-state index is 0.139. The Morgan fingerprint density at radius 1 is 1.05 bits per heavy atom. The van der Waals surface area contributed by atoms with E-state index in [2.05, 4.69) is 10.2 Å². The summed E-state index contributed by atoms with van der Waals surface area (Å²) < 4.78 is 11.8. The number of hydrogen-bond acceptors (Lipinski definition) is 4. The van der Waals surface area contributed by atoms with E-state index < -0.39 is 0 Å². The molecule has 0 amide bonds. The molecule has 4 nitrogen and oxygen atoms in total. The van der Waals surface area contributed by atoms with Gasteiger partial charge < -0.3 is 14.8 Å². The molecule has 3 unspecified atom stereocenters. The molecule has 0 aromatic rings. The second-order valence-electron chi connectivity index (χ2n) is 7.16. The molecule has 0 radical (unpaired) electrons. The van der Waals surface area contributed by atoms with Crippen molar-refractivity contribution in [2.24, 2.45) is 5.92 Å². The fourth-order valence-corrected chi connectivity index (χ4v) is 4.93. The van der Waals surface area contributed by atoms with Crippen molar-refractivity contribution >= 4 is 0 Å². The summed E-state index contributed by atoms with van der Waals surface area (Å²) in [5.41, 5.74) is 0.139. The van der Waals surface area contributed by atoms with Crippen molar-refractivity contribution in [1.82, 2.24) is 10.2 Å². The third kappa shape index (κ3) is 2.41. The van der Waals surface area contributed by atoms with Gasteiger partial charge in [0.25, 0.3) is 0 Å². The second kappa shape index (κ2) is 5.56. The van der Waals surface area contributed by atoms with Crippen molar-refractivity contribution in [2.75, 3.05) is 39.5 Å². The van der Waals surface area contributed by atoms with Crippen LogP contribution in [0, 0.1) is 5.92 Å². The molecule has 0 aliphatic carbocycles. The van der Waals surface area contributed by atoms with Crippen LogP contribution in [-0.2, 0) is 9.47 Å². The topological polar surface area (TPSA) is 33.7 Å². The van der Waals surface area contributed by atoms with E-state index in [1.54, 1.807) is 0 Å². The molecule has 114 valence electrons. The molecule has 0 bridgehead atoms. The molecular formula is C16H28N2O2. The molecule has 20 heavy (non-hydrogen) atoms. The van der Waals surface area contributed by atoms with Crippen LogP contribution in [0.2, 0.25) is 0 Å². The van der Waals surface area contributed by atoms with Gasteiger partial charge in [0.1, 0.15) is 0 Å². The van der Waals surface area contributed by atoms with E-state index in [9.17, 15) is 0 Å². The predicted molar refractivity (Wildman–Crippen MR) is 77.8 cm³/mol. The van der Waals surface area contributed by atoms with Crippen LogP contribution in [0.4, 0.5) is 0 Å². The molecule has 0 saturated carbocycles. The first-order valence-corrected chi connectivity index (χ1v) is 8.55. The fourth-order valence-electron chi connectivity index (χ4n) is 4.93. The highest BCUT2D eigenvalue weighted by Crippen LogP contribution is 2.39. The van der Waals surface area contributed by atoms with Gasteiger partial charge in [-0.2, -0.15) is 0 Å². The van der Waals surface area contributed by atoms with Crippen LogP contribution >= 0.6 is 0 Å². The van der Waals surface area contributed by atoms with Crippen LogP contribution in [0.3, 0.4) is 0 Å². The molecule has 4 aliphatic rings. The Morgan fingerprint density at radius 2 is 1.95 bits per heavy atom. The Hall–Kier alpha value is -0.160. The van der Waals surface area contributed by atoms with Crippen molar-refractivity contribution in [3.05, 3.63) is 0 Å². The monoisotopic (exact) mass is 280 g/mol. The Balaban J connectivity index is 1.47. The normalized spacial score (nSPS) is 41.7. The average molecular weight is 280 g/mol. The van der Waals surface area contributed by atoms with Crippen molar-refractivity contribution < 1.29 is 9.47 Å². The SMILES string of the molecule is C1CC2CNCC2N(C2CCOC3(CCOCC3)C2)C1. The molecule has 1 N–H and O–H groups in total. The molecular weight excluding hydrogens is 252 g/mol. The number of fused-ring (bicyclic) bond motifs is 1. The highest BCUT2D eigenvalue weighted by molar-refractivity contribution is 4.99. The van der Waals surface area contributed by atoms with Crippen LogP contribution in [-0.4, -0.2) is 62.0 Å². The fraction of sp³-hybridized carbons (Fsp3) is 1.00. The number of likely N-dealkylation sites (tertiary alicyclic amines) is 1. The zero-order valence-corrected chi connectivity index (χ0v) is 12.5. The highest BCUT2D eigenvalue weighted by Gasteiger charge is 2.44. The number of rotatable bonds is 1. The van der Waals surface area contributed by atoms with E-state index in [4.69, 9.17) is 9.47 Å². The zero-order chi connectivity index (χ0) is 13.4. The lowest BCUT2D eigenvalue weighted by Crippen LogP contribution is -2.56. The standard InChI is InChI=1S/C16H28N2O2/c1-2-13-11-17-12-15(13)18(6-1)14-3-7-20-16(10-14)4-8-19-9-5-16/h13-15,17H,1-12H2. The molecule has 1 spiro atoms. The minimum Gasteiger partial charge on any atom is -0.381 e. The van der Waals surface area contributed by atoms with Crippen LogP contribution in [0.5, 0.6) is 0 Å². The number of nitrogens with one attached hydrogen (secondary N) is 1. The van der Waals surface area contributed by atoms with Crippen LogP contribution in [0.25, 0.3) is 0 Å². The quantitative estimate of drug-likeness (QED) is 0.787. The molecule has 4 heteroatoms. The maximum Gasteiger partial charge on any atom is 0.0741 e. The van der Waals surface area contributed by atoms with Crippen molar-refractivity contribution in [1.29, 1.82) is 0 Å². The molecule has 4 heterocycles. The second-order valence-corrected chi connectivity index (χ2v) is 7.16. The highest BCUT2D eigenvalue weighted by atomic mass is 16.5. The summed E-state index contributed by atoms with van der Waals surface area (Å²) in [6.07, 6.45) is 7.48. The molecule has 4 aliphatic heterocycles. The first kappa shape index (κ1) is 13.5. The van der Waals surface area contributed by atoms with Gasteiger partial charge in [0.05, 0.1) is 5.60 Å². The van der Waals surface area contributed by atoms with Crippen molar-refractivity contribution in [3.63, 3.8) is 0 Å². The van der Waals surface area contributed by atoms with Crippen molar-refractivity contribution in [3.8, 4) is 0 Å². The van der Waals surface area contributed by atoms with Gasteiger partial charge in [-0.05, 0) is 57.5 Å². The molecule has 0 aromatic heterocycles. The molecule has 4 fully saturated rings. The van der Waals surface area contributed by atoms with E-state index in [0.717, 1.165) is 50.7 Å². The summed E-state index contributed by atoms with van der Waals surface area (Å²) in [7, 11) is 0. The Bertz CT molecular complexity index is 338. The molecule has 0 aromatic carbocycles. The maximum absolute atomic E-state index is 6.22. The van der Waals surface area contributed by atoms with Crippen LogP contribution in [0.1, 0.15) is 38.5 Å². The number of nitrogens with zero attached hydrogens (tertiary/aromatic N) is 1. The van der Waals surface area contributed by atoms with E-state index in [-0.39, 0.29) is 5.60 Å². The zero-order valence-electron chi connectivity index (χ0n) is 12.5. The van der Waals surface area contributed by atoms with Crippen LogP contribution < -0.4 is 5.32 Å². The lowest BCUT2D eigenvalue weighted by atomic mass is 9.81. The van der Waals surface area contributed by atoms with E-state index in [0.29, 0.717) is 0 Å². The molecule has 3 atom stereocenters. The number of piperidine rings is 1. The maximum atomic E-state index is 6.22. The lowest BCUT2D eigenvalue weighted by Gasteiger charge is -2.49. The summed E-state index contributed by atoms with van der Waals surface area (Å²) in [5.74, 6) is 0.900. The smallest absolute Gasteiger partial charge is 0.0741 e. The van der Waals surface area contributed by atoms with Gasteiger partial charge >= 0.3 is 0 Å². The Kier molecular flexibility index (Phi) is 3.75. The summed E-state index contributed by atoms with van der Waals surface area (Å²) in [4.78, 5) is 2.84. The van der Waals surface area contributed by atoms with Gasteiger partial charge in [-0.3, -0.25) is 4.90 Å². The van der Waals surface area contributed by atoms with Gasteiger partial charge in [0.2, 0.25) is 0 Å². The van der Waals surface area contributed by atoms with E-state index in [1.165, 1.54) is 45.3 Å².